The smallest absolute Gasteiger partial charge is 0.191 e. The molecule has 1 aromatic rings. The van der Waals surface area contributed by atoms with Gasteiger partial charge in [-0.15, -0.1) is 0 Å². The summed E-state index contributed by atoms with van der Waals surface area (Å²) in [5, 5.41) is 0.574. The number of likely N-dealkylation sites (tertiary alicyclic amines) is 1. The van der Waals surface area contributed by atoms with Gasteiger partial charge in [-0.05, 0) is 24.5 Å². The van der Waals surface area contributed by atoms with Crippen molar-refractivity contribution >= 4 is 17.6 Å². The van der Waals surface area contributed by atoms with Crippen molar-refractivity contribution in [2.75, 3.05) is 33.9 Å². The monoisotopic (exact) mass is 297 g/mol. The molecule has 1 fully saturated rings. The maximum Gasteiger partial charge on any atom is 0.191 e. The molecule has 20 heavy (non-hydrogen) atoms. The molecule has 110 valence electrons. The summed E-state index contributed by atoms with van der Waals surface area (Å²) in [5.41, 5.74) is 6.86. The molecule has 6 heteroatoms. The lowest BCUT2D eigenvalue weighted by atomic mass is 10.1. The van der Waals surface area contributed by atoms with Crippen LogP contribution in [0.25, 0.3) is 0 Å². The fourth-order valence-electron chi connectivity index (χ4n) is 2.06. The molecule has 0 aromatic heterocycles. The van der Waals surface area contributed by atoms with E-state index < -0.39 is 0 Å². The quantitative estimate of drug-likeness (QED) is 0.666. The van der Waals surface area contributed by atoms with Gasteiger partial charge in [0.2, 0.25) is 0 Å². The maximum absolute atomic E-state index is 6.31. The number of aliphatic imine (C=N–C) groups is 1. The summed E-state index contributed by atoms with van der Waals surface area (Å²) in [5.74, 6) is 1.81. The number of halogens is 1. The standard InChI is InChI=1S/C14H20ClN3O2/c1-19-11-5-4-10(12(15)13(11)20-2)6-7-17-14(16)18-8-3-9-18/h4-5H,3,6-9H2,1-2H3,(H2,16,17). The zero-order valence-corrected chi connectivity index (χ0v) is 12.6. The lowest BCUT2D eigenvalue weighted by Gasteiger charge is -2.31. The van der Waals surface area contributed by atoms with Crippen LogP contribution in [0.2, 0.25) is 5.02 Å². The van der Waals surface area contributed by atoms with Gasteiger partial charge in [-0.1, -0.05) is 17.7 Å². The number of rotatable bonds is 5. The summed E-state index contributed by atoms with van der Waals surface area (Å²) in [7, 11) is 3.17. The summed E-state index contributed by atoms with van der Waals surface area (Å²) in [6, 6.07) is 3.78. The molecule has 1 heterocycles. The number of guanidine groups is 1. The van der Waals surface area contributed by atoms with Gasteiger partial charge in [-0.25, -0.2) is 0 Å². The molecule has 0 spiro atoms. The van der Waals surface area contributed by atoms with Crippen LogP contribution in [-0.4, -0.2) is 44.7 Å². The molecule has 0 saturated carbocycles. The summed E-state index contributed by atoms with van der Waals surface area (Å²) in [4.78, 5) is 6.44. The average Bonchev–Trinajstić information content (AvgIpc) is 2.38. The zero-order valence-electron chi connectivity index (χ0n) is 11.9. The van der Waals surface area contributed by atoms with Crippen LogP contribution in [0.1, 0.15) is 12.0 Å². The van der Waals surface area contributed by atoms with E-state index in [2.05, 4.69) is 9.89 Å². The predicted octanol–water partition coefficient (Wildman–Crippen LogP) is 1.92. The molecule has 1 aliphatic heterocycles. The number of hydrogen-bond acceptors (Lipinski definition) is 3. The number of benzene rings is 1. The first-order valence-electron chi connectivity index (χ1n) is 6.61. The van der Waals surface area contributed by atoms with Crippen LogP contribution in [0.3, 0.4) is 0 Å². The number of methoxy groups -OCH3 is 2. The van der Waals surface area contributed by atoms with Crippen molar-refractivity contribution in [3.63, 3.8) is 0 Å². The van der Waals surface area contributed by atoms with E-state index in [1.165, 1.54) is 6.42 Å². The Morgan fingerprint density at radius 1 is 1.35 bits per heavy atom. The minimum Gasteiger partial charge on any atom is -0.493 e. The van der Waals surface area contributed by atoms with Gasteiger partial charge in [0.05, 0.1) is 19.2 Å². The van der Waals surface area contributed by atoms with E-state index in [0.29, 0.717) is 35.4 Å². The highest BCUT2D eigenvalue weighted by molar-refractivity contribution is 6.33. The Kier molecular flexibility index (Phi) is 4.95. The third kappa shape index (κ3) is 3.10. The topological polar surface area (TPSA) is 60.1 Å². The van der Waals surface area contributed by atoms with Crippen LogP contribution in [0.4, 0.5) is 0 Å². The first-order valence-corrected chi connectivity index (χ1v) is 6.99. The molecule has 0 radical (unpaired) electrons. The lowest BCUT2D eigenvalue weighted by molar-refractivity contribution is 0.296. The maximum atomic E-state index is 6.31. The fourth-order valence-corrected chi connectivity index (χ4v) is 2.39. The van der Waals surface area contributed by atoms with E-state index in [9.17, 15) is 0 Å². The normalized spacial score (nSPS) is 14.9. The van der Waals surface area contributed by atoms with E-state index in [-0.39, 0.29) is 0 Å². The highest BCUT2D eigenvalue weighted by Crippen LogP contribution is 2.37. The summed E-state index contributed by atoms with van der Waals surface area (Å²) < 4.78 is 10.5. The van der Waals surface area contributed by atoms with E-state index in [0.717, 1.165) is 18.7 Å². The van der Waals surface area contributed by atoms with E-state index >= 15 is 0 Å². The molecule has 2 N–H and O–H groups in total. The molecule has 1 aliphatic rings. The largest absolute Gasteiger partial charge is 0.493 e. The third-order valence-corrected chi connectivity index (χ3v) is 3.81. The van der Waals surface area contributed by atoms with Crippen LogP contribution in [-0.2, 0) is 6.42 Å². The van der Waals surface area contributed by atoms with E-state index in [4.69, 9.17) is 26.8 Å². The third-order valence-electron chi connectivity index (χ3n) is 3.40. The predicted molar refractivity (Wildman–Crippen MR) is 80.9 cm³/mol. The second-order valence-corrected chi connectivity index (χ2v) is 4.98. The Balaban J connectivity index is 2.02. The van der Waals surface area contributed by atoms with E-state index in [1.54, 1.807) is 14.2 Å². The molecule has 5 nitrogen and oxygen atoms in total. The first kappa shape index (κ1) is 14.8. The molecule has 1 saturated heterocycles. The fraction of sp³-hybridized carbons (Fsp3) is 0.500. The Morgan fingerprint density at radius 2 is 2.10 bits per heavy atom. The summed E-state index contributed by atoms with van der Waals surface area (Å²) in [6.45, 7) is 2.62. The SMILES string of the molecule is COc1ccc(CCN=C(N)N2CCC2)c(Cl)c1OC. The number of ether oxygens (including phenoxy) is 2. The lowest BCUT2D eigenvalue weighted by Crippen LogP contribution is -2.46. The Hall–Kier alpha value is -1.62. The van der Waals surface area contributed by atoms with Gasteiger partial charge in [0.1, 0.15) is 0 Å². The highest BCUT2D eigenvalue weighted by Gasteiger charge is 2.16. The average molecular weight is 298 g/mol. The molecule has 0 aliphatic carbocycles. The van der Waals surface area contributed by atoms with Gasteiger partial charge in [-0.2, -0.15) is 0 Å². The summed E-state index contributed by atoms with van der Waals surface area (Å²) in [6.07, 6.45) is 1.91. The van der Waals surface area contributed by atoms with Crippen LogP contribution < -0.4 is 15.2 Å². The molecular weight excluding hydrogens is 278 g/mol. The molecular formula is C14H20ClN3O2. The van der Waals surface area contributed by atoms with Crippen molar-refractivity contribution in [1.82, 2.24) is 4.90 Å². The van der Waals surface area contributed by atoms with Crippen molar-refractivity contribution in [2.45, 2.75) is 12.8 Å². The first-order chi connectivity index (χ1) is 9.67. The van der Waals surface area contributed by atoms with Gasteiger partial charge >= 0.3 is 0 Å². The van der Waals surface area contributed by atoms with Gasteiger partial charge in [0.15, 0.2) is 17.5 Å². The molecule has 0 amide bonds. The molecule has 0 bridgehead atoms. The van der Waals surface area contributed by atoms with Crippen LogP contribution in [0.15, 0.2) is 17.1 Å². The molecule has 2 rings (SSSR count). The van der Waals surface area contributed by atoms with Crippen molar-refractivity contribution < 1.29 is 9.47 Å². The van der Waals surface area contributed by atoms with Gasteiger partial charge in [0, 0.05) is 19.6 Å². The minimum atomic E-state index is 0.561. The van der Waals surface area contributed by atoms with Crippen LogP contribution in [0.5, 0.6) is 11.5 Å². The van der Waals surface area contributed by atoms with Crippen molar-refractivity contribution in [3.8, 4) is 11.5 Å². The number of nitrogens with zero attached hydrogens (tertiary/aromatic N) is 2. The molecule has 1 aromatic carbocycles. The minimum absolute atomic E-state index is 0.561. The Bertz CT molecular complexity index is 501. The van der Waals surface area contributed by atoms with Gasteiger partial charge < -0.3 is 20.1 Å². The summed E-state index contributed by atoms with van der Waals surface area (Å²) >= 11 is 6.31. The number of hydrogen-bond donors (Lipinski definition) is 1. The van der Waals surface area contributed by atoms with Gasteiger partial charge in [0.25, 0.3) is 0 Å². The highest BCUT2D eigenvalue weighted by atomic mass is 35.5. The van der Waals surface area contributed by atoms with Crippen molar-refractivity contribution in [2.24, 2.45) is 10.7 Å². The second-order valence-electron chi connectivity index (χ2n) is 4.60. The number of nitrogens with two attached hydrogens (primary N) is 1. The van der Waals surface area contributed by atoms with Gasteiger partial charge in [-0.3, -0.25) is 4.99 Å². The Labute approximate surface area is 124 Å². The van der Waals surface area contributed by atoms with Crippen molar-refractivity contribution in [1.29, 1.82) is 0 Å². The molecule has 0 atom stereocenters. The van der Waals surface area contributed by atoms with Crippen molar-refractivity contribution in [3.05, 3.63) is 22.7 Å². The Morgan fingerprint density at radius 3 is 2.65 bits per heavy atom. The second kappa shape index (κ2) is 6.70. The van der Waals surface area contributed by atoms with Crippen LogP contribution in [0, 0.1) is 0 Å². The zero-order chi connectivity index (χ0) is 14.5. The van der Waals surface area contributed by atoms with E-state index in [1.807, 2.05) is 12.1 Å². The van der Waals surface area contributed by atoms with Crippen LogP contribution >= 0.6 is 11.6 Å². The molecule has 0 unspecified atom stereocenters.